The summed E-state index contributed by atoms with van der Waals surface area (Å²) in [5, 5.41) is 26.3. The summed E-state index contributed by atoms with van der Waals surface area (Å²) >= 11 is -2.08. The van der Waals surface area contributed by atoms with Gasteiger partial charge in [-0.15, -0.1) is 0 Å². The van der Waals surface area contributed by atoms with Gasteiger partial charge in [0.15, 0.2) is 0 Å². The van der Waals surface area contributed by atoms with Gasteiger partial charge in [-0.05, 0) is 19.3 Å². The predicted molar refractivity (Wildman–Crippen MR) is 34.7 cm³/mol. The summed E-state index contributed by atoms with van der Waals surface area (Å²) in [7, 11) is 0. The first-order valence-corrected chi connectivity index (χ1v) is 5.78. The predicted octanol–water partition coefficient (Wildman–Crippen LogP) is -0.490. The van der Waals surface area contributed by atoms with Crippen LogP contribution in [0.1, 0.15) is 19.3 Å². The molecule has 0 saturated heterocycles. The van der Waals surface area contributed by atoms with E-state index in [0.29, 0.717) is 12.8 Å². The third-order valence-electron chi connectivity index (χ3n) is 1.90. The summed E-state index contributed by atoms with van der Waals surface area (Å²) in [5.41, 5.74) is 0. The van der Waals surface area contributed by atoms with E-state index in [2.05, 4.69) is 4.89 Å². The molecule has 13 heavy (non-hydrogen) atoms. The summed E-state index contributed by atoms with van der Waals surface area (Å²) < 4.78 is 17.0. The van der Waals surface area contributed by atoms with Crippen molar-refractivity contribution < 1.29 is 44.8 Å². The van der Waals surface area contributed by atoms with Crippen LogP contribution in [0.15, 0.2) is 0 Å². The van der Waals surface area contributed by atoms with Crippen LogP contribution in [0.2, 0.25) is 0 Å². The Balaban J connectivity index is 0.000000424. The third-order valence-corrected chi connectivity index (χ3v) is 1.90. The van der Waals surface area contributed by atoms with Gasteiger partial charge in [0.25, 0.3) is 0 Å². The molecule has 0 unspecified atom stereocenters. The molecule has 0 aromatic heterocycles. The van der Waals surface area contributed by atoms with Gasteiger partial charge >= 0.3 is 24.4 Å². The van der Waals surface area contributed by atoms with Crippen molar-refractivity contribution in [3.8, 4) is 0 Å². The normalized spacial score (nSPS) is 33.3. The van der Waals surface area contributed by atoms with E-state index in [1.54, 1.807) is 0 Å². The third kappa shape index (κ3) is 4.74. The number of hydrogen-bond donors (Lipinski definition) is 3. The van der Waals surface area contributed by atoms with E-state index in [-0.39, 0.29) is 0 Å². The molecule has 1 aliphatic carbocycles. The van der Waals surface area contributed by atoms with Crippen molar-refractivity contribution in [1.82, 2.24) is 0 Å². The van der Waals surface area contributed by atoms with Crippen LogP contribution in [0.4, 0.5) is 0 Å². The van der Waals surface area contributed by atoms with Crippen molar-refractivity contribution in [2.45, 2.75) is 37.6 Å². The fourth-order valence-electron chi connectivity index (χ4n) is 1.23. The van der Waals surface area contributed by atoms with Crippen molar-refractivity contribution in [3.63, 3.8) is 0 Å². The molecule has 7 heteroatoms. The molecule has 0 amide bonds. The summed E-state index contributed by atoms with van der Waals surface area (Å²) in [6, 6.07) is 0. The average Bonchev–Trinajstić information content (AvgIpc) is 2.11. The molecule has 3 N–H and O–H groups in total. The van der Waals surface area contributed by atoms with Crippen LogP contribution in [-0.2, 0) is 29.3 Å². The van der Waals surface area contributed by atoms with Crippen LogP contribution < -0.4 is 0 Å². The van der Waals surface area contributed by atoms with Crippen molar-refractivity contribution in [2.24, 2.45) is 0 Å². The summed E-state index contributed by atoms with van der Waals surface area (Å²) in [6.07, 6.45) is -0.312. The zero-order valence-electron chi connectivity index (χ0n) is 6.77. The van der Waals surface area contributed by atoms with Crippen LogP contribution >= 0.6 is 0 Å². The first-order valence-electron chi connectivity index (χ1n) is 3.71. The van der Waals surface area contributed by atoms with E-state index in [1.807, 2.05) is 0 Å². The maximum atomic E-state index is 9.10. The Labute approximate surface area is 82.8 Å². The Morgan fingerprint density at radius 2 is 1.77 bits per heavy atom. The number of rotatable bonds is 1. The second-order valence-corrected chi connectivity index (χ2v) is 3.12. The van der Waals surface area contributed by atoms with E-state index < -0.39 is 35.6 Å². The zero-order chi connectivity index (χ0) is 10.3. The molecular weight excluding hydrogens is 358 g/mol. The van der Waals surface area contributed by atoms with E-state index in [9.17, 15) is 0 Å². The molecule has 80 valence electrons. The Kier molecular flexibility index (Phi) is 7.52. The fraction of sp³-hybridized carbons (Fsp3) is 1.00. The number of hydrogen-bond acceptors (Lipinski definition) is 6. The summed E-state index contributed by atoms with van der Waals surface area (Å²) in [5.74, 6) is 0. The molecule has 1 rings (SSSR count). The van der Waals surface area contributed by atoms with Gasteiger partial charge in [0.1, 0.15) is 12.2 Å². The van der Waals surface area contributed by atoms with Gasteiger partial charge in [0.05, 0.1) is 6.10 Å². The average molecular weight is 370 g/mol. The van der Waals surface area contributed by atoms with Crippen molar-refractivity contribution in [3.05, 3.63) is 0 Å². The van der Waals surface area contributed by atoms with Crippen LogP contribution in [-0.4, -0.2) is 33.8 Å². The number of aliphatic hydroxyl groups is 2. The molecule has 3 atom stereocenters. The molecule has 0 bridgehead atoms. The molecule has 0 aliphatic heterocycles. The minimum absolute atomic E-state index is 0.584. The molecule has 0 radical (unpaired) electrons. The van der Waals surface area contributed by atoms with Crippen LogP contribution in [0, 0.1) is 0 Å². The minimum atomic E-state index is -2.08. The van der Waals surface area contributed by atoms with Crippen molar-refractivity contribution in [1.29, 1.82) is 0 Å². The molecule has 1 fully saturated rings. The molecule has 0 aromatic carbocycles. The van der Waals surface area contributed by atoms with Crippen LogP contribution in [0.25, 0.3) is 0 Å². The number of aliphatic hydroxyl groups excluding tert-OH is 2. The van der Waals surface area contributed by atoms with Crippen LogP contribution in [0.3, 0.4) is 0 Å². The molecule has 1 aliphatic rings. The van der Waals surface area contributed by atoms with E-state index in [1.165, 1.54) is 0 Å². The van der Waals surface area contributed by atoms with E-state index in [0.717, 1.165) is 6.42 Å². The van der Waals surface area contributed by atoms with Crippen molar-refractivity contribution in [2.75, 3.05) is 0 Å². The van der Waals surface area contributed by atoms with E-state index in [4.69, 9.17) is 22.5 Å². The quantitative estimate of drug-likeness (QED) is 0.425. The van der Waals surface area contributed by atoms with Gasteiger partial charge in [-0.25, -0.2) is 4.89 Å². The van der Waals surface area contributed by atoms with E-state index >= 15 is 0 Å². The first kappa shape index (κ1) is 13.1. The van der Waals surface area contributed by atoms with Gasteiger partial charge in [0.2, 0.25) is 0 Å². The van der Waals surface area contributed by atoms with Crippen molar-refractivity contribution >= 4 is 0 Å². The summed E-state index contributed by atoms with van der Waals surface area (Å²) in [4.78, 5) is 3.96. The maximum absolute atomic E-state index is 9.10. The Hall–Kier alpha value is 0.0764. The molecular formula is C6H12O6Os. The second-order valence-electron chi connectivity index (χ2n) is 2.69. The Morgan fingerprint density at radius 1 is 1.23 bits per heavy atom. The van der Waals surface area contributed by atoms with Gasteiger partial charge in [-0.3, -0.25) is 5.26 Å². The van der Waals surface area contributed by atoms with Gasteiger partial charge in [-0.1, -0.05) is 0 Å². The fourth-order valence-corrected chi connectivity index (χ4v) is 1.23. The zero-order valence-corrected chi connectivity index (χ0v) is 9.31. The molecule has 0 spiro atoms. The Bertz CT molecular complexity index is 169. The molecule has 0 aromatic rings. The standard InChI is InChI=1S/C6H12O4.2O.Os/c7-4-2-1-3-5(10-9)6(4)8;;;/h4-9H,1-3H2;;;/t4-,5-,6-;;;/m1.../s1. The molecule has 0 heterocycles. The Morgan fingerprint density at radius 3 is 2.15 bits per heavy atom. The van der Waals surface area contributed by atoms with Gasteiger partial charge < -0.3 is 10.2 Å². The SMILES string of the molecule is OO[C@@H]1CCC[C@@H](O)[C@H]1O.[O]=[Os]=[O]. The van der Waals surface area contributed by atoms with Gasteiger partial charge in [0, 0.05) is 0 Å². The summed E-state index contributed by atoms with van der Waals surface area (Å²) in [6.45, 7) is 0. The molecule has 1 saturated carbocycles. The first-order chi connectivity index (χ1) is 6.17. The van der Waals surface area contributed by atoms with Crippen LogP contribution in [0.5, 0.6) is 0 Å². The molecule has 6 nitrogen and oxygen atoms in total. The topological polar surface area (TPSA) is 104 Å². The monoisotopic (exact) mass is 372 g/mol. The second kappa shape index (κ2) is 7.48. The van der Waals surface area contributed by atoms with Gasteiger partial charge in [-0.2, -0.15) is 0 Å².